The molecule has 0 amide bonds. The van der Waals surface area contributed by atoms with Crippen molar-refractivity contribution in [2.45, 2.75) is 0 Å². The van der Waals surface area contributed by atoms with Gasteiger partial charge < -0.3 is 10.1 Å². The van der Waals surface area contributed by atoms with Gasteiger partial charge in [0, 0.05) is 18.1 Å². The minimum Gasteiger partial charge on any atom is -0.497 e. The number of rotatable bonds is 3. The van der Waals surface area contributed by atoms with Crippen LogP contribution in [0.5, 0.6) is 5.75 Å². The number of hydrogen-bond donors (Lipinski definition) is 1. The second kappa shape index (κ2) is 5.57. The van der Waals surface area contributed by atoms with Gasteiger partial charge in [-0.2, -0.15) is 0 Å². The second-order valence-corrected chi connectivity index (χ2v) is 4.83. The van der Waals surface area contributed by atoms with Gasteiger partial charge in [-0.05, 0) is 24.3 Å². The van der Waals surface area contributed by atoms with Gasteiger partial charge >= 0.3 is 0 Å². The highest BCUT2D eigenvalue weighted by atomic mass is 35.5. The van der Waals surface area contributed by atoms with Crippen LogP contribution < -0.4 is 10.1 Å². The maximum absolute atomic E-state index is 12.4. The lowest BCUT2D eigenvalue weighted by Crippen LogP contribution is -2.26. The van der Waals surface area contributed by atoms with Crippen molar-refractivity contribution in [2.75, 3.05) is 12.4 Å². The standard InChI is InChI=1S/C15H10ClN3O3/c1-22-9-4-2-8(3-5-9)19-11-10(16)14(20)12-13(15(11)21)18-7-6-17-12/h2-7,19H,1H3. The fraction of sp³-hybridized carbons (Fsp3) is 0.0667. The molecule has 0 fully saturated rings. The number of methoxy groups -OCH3 is 1. The quantitative estimate of drug-likeness (QED) is 0.937. The van der Waals surface area contributed by atoms with Crippen LogP contribution in [0.4, 0.5) is 5.69 Å². The van der Waals surface area contributed by atoms with Crippen LogP contribution in [0.2, 0.25) is 0 Å². The van der Waals surface area contributed by atoms with Crippen molar-refractivity contribution in [2.24, 2.45) is 0 Å². The first-order valence-corrected chi connectivity index (χ1v) is 6.71. The van der Waals surface area contributed by atoms with Crippen molar-refractivity contribution in [3.05, 3.63) is 58.8 Å². The zero-order chi connectivity index (χ0) is 15.7. The molecule has 1 aromatic carbocycles. The number of ether oxygens (including phenoxy) is 1. The monoisotopic (exact) mass is 315 g/mol. The number of halogens is 1. The maximum atomic E-state index is 12.4. The van der Waals surface area contributed by atoms with Crippen LogP contribution in [0.15, 0.2) is 47.4 Å². The van der Waals surface area contributed by atoms with E-state index in [2.05, 4.69) is 15.3 Å². The van der Waals surface area contributed by atoms with Gasteiger partial charge in [-0.15, -0.1) is 0 Å². The van der Waals surface area contributed by atoms with E-state index in [0.717, 1.165) is 0 Å². The van der Waals surface area contributed by atoms with Gasteiger partial charge in [-0.25, -0.2) is 9.97 Å². The van der Waals surface area contributed by atoms with Crippen LogP contribution in [0.3, 0.4) is 0 Å². The summed E-state index contributed by atoms with van der Waals surface area (Å²) < 4.78 is 5.06. The fourth-order valence-electron chi connectivity index (χ4n) is 2.04. The van der Waals surface area contributed by atoms with Crippen molar-refractivity contribution < 1.29 is 14.3 Å². The Kier molecular flexibility index (Phi) is 3.60. The van der Waals surface area contributed by atoms with Gasteiger partial charge in [0.1, 0.15) is 27.9 Å². The van der Waals surface area contributed by atoms with Crippen molar-refractivity contribution in [3.8, 4) is 5.75 Å². The molecule has 22 heavy (non-hydrogen) atoms. The lowest BCUT2D eigenvalue weighted by Gasteiger charge is -2.17. The molecule has 0 atom stereocenters. The molecule has 0 unspecified atom stereocenters. The number of hydrogen-bond acceptors (Lipinski definition) is 6. The summed E-state index contributed by atoms with van der Waals surface area (Å²) in [7, 11) is 1.56. The van der Waals surface area contributed by atoms with Gasteiger partial charge in [0.2, 0.25) is 11.6 Å². The van der Waals surface area contributed by atoms with E-state index in [9.17, 15) is 9.59 Å². The molecule has 1 aliphatic rings. The first-order valence-electron chi connectivity index (χ1n) is 6.33. The number of nitrogens with zero attached hydrogens (tertiary/aromatic N) is 2. The largest absolute Gasteiger partial charge is 0.497 e. The Morgan fingerprint density at radius 3 is 2.18 bits per heavy atom. The Hall–Kier alpha value is -2.73. The summed E-state index contributed by atoms with van der Waals surface area (Å²) in [6.07, 6.45) is 2.70. The van der Waals surface area contributed by atoms with Crippen LogP contribution in [0.1, 0.15) is 21.0 Å². The molecule has 1 heterocycles. The SMILES string of the molecule is COc1ccc(NC2=C(Cl)C(=O)c3nccnc3C2=O)cc1. The highest BCUT2D eigenvalue weighted by Crippen LogP contribution is 2.27. The van der Waals surface area contributed by atoms with Crippen molar-refractivity contribution in [1.82, 2.24) is 9.97 Å². The summed E-state index contributed by atoms with van der Waals surface area (Å²) >= 11 is 6.02. The first-order chi connectivity index (χ1) is 10.6. The lowest BCUT2D eigenvalue weighted by atomic mass is 10.0. The highest BCUT2D eigenvalue weighted by molar-refractivity contribution is 6.49. The molecule has 0 bridgehead atoms. The summed E-state index contributed by atoms with van der Waals surface area (Å²) in [6, 6.07) is 6.86. The Bertz CT molecular complexity index is 800. The molecular formula is C15H10ClN3O3. The Labute approximate surface area is 130 Å². The molecule has 1 aliphatic carbocycles. The number of carbonyl (C=O) groups excluding carboxylic acids is 2. The zero-order valence-electron chi connectivity index (χ0n) is 11.5. The Morgan fingerprint density at radius 2 is 1.59 bits per heavy atom. The number of ketones is 2. The predicted octanol–water partition coefficient (Wildman–Crippen LogP) is 2.43. The zero-order valence-corrected chi connectivity index (χ0v) is 12.2. The fourth-order valence-corrected chi connectivity index (χ4v) is 2.26. The van der Waals surface area contributed by atoms with Gasteiger partial charge in [-0.3, -0.25) is 9.59 Å². The average Bonchev–Trinajstić information content (AvgIpc) is 2.57. The van der Waals surface area contributed by atoms with E-state index in [0.29, 0.717) is 11.4 Å². The van der Waals surface area contributed by atoms with Crippen molar-refractivity contribution in [3.63, 3.8) is 0 Å². The molecule has 6 nitrogen and oxygen atoms in total. The summed E-state index contributed by atoms with van der Waals surface area (Å²) in [4.78, 5) is 32.4. The number of anilines is 1. The molecule has 7 heteroatoms. The smallest absolute Gasteiger partial charge is 0.231 e. The van der Waals surface area contributed by atoms with Crippen LogP contribution >= 0.6 is 11.6 Å². The molecule has 0 spiro atoms. The van der Waals surface area contributed by atoms with Crippen molar-refractivity contribution >= 4 is 28.9 Å². The molecule has 110 valence electrons. The number of Topliss-reactive ketones (excluding diaryl/α,β-unsaturated/α-hetero) is 2. The average molecular weight is 316 g/mol. The molecule has 0 aliphatic heterocycles. The Balaban J connectivity index is 1.97. The van der Waals surface area contributed by atoms with Crippen LogP contribution in [-0.2, 0) is 0 Å². The van der Waals surface area contributed by atoms with E-state index in [1.54, 1.807) is 31.4 Å². The topological polar surface area (TPSA) is 81.2 Å². The number of allylic oxidation sites excluding steroid dienone is 2. The number of aromatic nitrogens is 2. The maximum Gasteiger partial charge on any atom is 0.231 e. The van der Waals surface area contributed by atoms with Crippen LogP contribution in [-0.4, -0.2) is 28.6 Å². The van der Waals surface area contributed by atoms with Crippen molar-refractivity contribution in [1.29, 1.82) is 0 Å². The summed E-state index contributed by atoms with van der Waals surface area (Å²) in [5, 5.41) is 2.66. The second-order valence-electron chi connectivity index (χ2n) is 4.45. The number of fused-ring (bicyclic) bond motifs is 1. The number of carbonyl (C=O) groups is 2. The van der Waals surface area contributed by atoms with E-state index in [4.69, 9.17) is 16.3 Å². The first kappa shape index (κ1) is 14.2. The number of nitrogens with one attached hydrogen (secondary N) is 1. The van der Waals surface area contributed by atoms with Gasteiger partial charge in [0.25, 0.3) is 0 Å². The molecule has 0 radical (unpaired) electrons. The third kappa shape index (κ3) is 2.33. The van der Waals surface area contributed by atoms with Gasteiger partial charge in [0.05, 0.1) is 7.11 Å². The minimum atomic E-state index is -0.527. The van der Waals surface area contributed by atoms with E-state index in [1.165, 1.54) is 12.4 Å². The van der Waals surface area contributed by atoms with E-state index in [1.807, 2.05) is 0 Å². The van der Waals surface area contributed by atoms with Crippen LogP contribution in [0.25, 0.3) is 0 Å². The summed E-state index contributed by atoms with van der Waals surface area (Å²) in [5.74, 6) is -0.322. The third-order valence-electron chi connectivity index (χ3n) is 3.13. The highest BCUT2D eigenvalue weighted by Gasteiger charge is 2.33. The molecule has 1 N–H and O–H groups in total. The van der Waals surface area contributed by atoms with E-state index < -0.39 is 11.6 Å². The molecule has 3 rings (SSSR count). The predicted molar refractivity (Wildman–Crippen MR) is 80.2 cm³/mol. The third-order valence-corrected chi connectivity index (χ3v) is 3.49. The minimum absolute atomic E-state index is 0.00656. The summed E-state index contributed by atoms with van der Waals surface area (Å²) in [6.45, 7) is 0. The van der Waals surface area contributed by atoms with Gasteiger partial charge in [0.15, 0.2) is 0 Å². The lowest BCUT2D eigenvalue weighted by molar-refractivity contribution is 0.0974. The summed E-state index contributed by atoms with van der Waals surface area (Å²) in [5.41, 5.74) is 0.554. The van der Waals surface area contributed by atoms with E-state index in [-0.39, 0.29) is 22.1 Å². The molecule has 2 aromatic rings. The molecule has 0 saturated carbocycles. The van der Waals surface area contributed by atoms with Gasteiger partial charge in [-0.1, -0.05) is 11.6 Å². The molecule has 0 saturated heterocycles. The molecular weight excluding hydrogens is 306 g/mol. The normalized spacial score (nSPS) is 13.9. The number of benzene rings is 1. The Morgan fingerprint density at radius 1 is 1.00 bits per heavy atom. The van der Waals surface area contributed by atoms with Crippen LogP contribution in [0, 0.1) is 0 Å². The molecule has 1 aromatic heterocycles. The van der Waals surface area contributed by atoms with E-state index >= 15 is 0 Å².